The lowest BCUT2D eigenvalue weighted by molar-refractivity contribution is 0.0334. The lowest BCUT2D eigenvalue weighted by atomic mass is 9.78. The molecule has 71 valence electrons. The Morgan fingerprint density at radius 3 is 2.33 bits per heavy atom. The minimum atomic E-state index is -0.241. The SMILES string of the molecule is CCCC(C)C1CCC([O])CC1. The molecule has 1 saturated carbocycles. The molecule has 0 aliphatic heterocycles. The molecule has 1 radical (unpaired) electrons. The molecule has 1 rings (SSSR count). The molecule has 0 aromatic heterocycles. The predicted molar refractivity (Wildman–Crippen MR) is 50.5 cm³/mol. The van der Waals surface area contributed by atoms with Crippen molar-refractivity contribution in [1.82, 2.24) is 0 Å². The van der Waals surface area contributed by atoms with Crippen molar-refractivity contribution in [1.29, 1.82) is 0 Å². The van der Waals surface area contributed by atoms with E-state index in [1.165, 1.54) is 25.7 Å². The Morgan fingerprint density at radius 2 is 1.83 bits per heavy atom. The van der Waals surface area contributed by atoms with Crippen LogP contribution in [0, 0.1) is 11.8 Å². The van der Waals surface area contributed by atoms with Crippen LogP contribution in [0.1, 0.15) is 52.4 Å². The maximum absolute atomic E-state index is 11.1. The minimum absolute atomic E-state index is 0.241. The van der Waals surface area contributed by atoms with Gasteiger partial charge in [0.05, 0.1) is 6.10 Å². The van der Waals surface area contributed by atoms with Crippen LogP contribution >= 0.6 is 0 Å². The third-order valence-corrected chi connectivity index (χ3v) is 3.27. The van der Waals surface area contributed by atoms with E-state index in [1.807, 2.05) is 0 Å². The van der Waals surface area contributed by atoms with E-state index in [9.17, 15) is 5.11 Å². The molecule has 1 fully saturated rings. The van der Waals surface area contributed by atoms with E-state index in [0.29, 0.717) is 0 Å². The molecular formula is C11H21O. The van der Waals surface area contributed by atoms with Crippen LogP contribution in [0.4, 0.5) is 0 Å². The Labute approximate surface area is 76.2 Å². The largest absolute Gasteiger partial charge is 0.233 e. The fraction of sp³-hybridized carbons (Fsp3) is 1.00. The van der Waals surface area contributed by atoms with Gasteiger partial charge in [-0.2, -0.15) is 0 Å². The summed E-state index contributed by atoms with van der Waals surface area (Å²) in [6.45, 7) is 4.59. The highest BCUT2D eigenvalue weighted by atomic mass is 16.3. The molecule has 1 unspecified atom stereocenters. The van der Waals surface area contributed by atoms with Crippen molar-refractivity contribution >= 4 is 0 Å². The minimum Gasteiger partial charge on any atom is -0.233 e. The maximum atomic E-state index is 11.1. The molecular weight excluding hydrogens is 148 g/mol. The molecule has 0 aromatic rings. The van der Waals surface area contributed by atoms with Crippen molar-refractivity contribution in [3.63, 3.8) is 0 Å². The number of rotatable bonds is 3. The molecule has 0 heterocycles. The Bertz CT molecular complexity index is 114. The van der Waals surface area contributed by atoms with Crippen LogP contribution in [0.5, 0.6) is 0 Å². The van der Waals surface area contributed by atoms with Crippen molar-refractivity contribution in [3.8, 4) is 0 Å². The van der Waals surface area contributed by atoms with Crippen LogP contribution < -0.4 is 0 Å². The first-order valence-corrected chi connectivity index (χ1v) is 5.39. The van der Waals surface area contributed by atoms with E-state index in [-0.39, 0.29) is 6.10 Å². The van der Waals surface area contributed by atoms with Crippen molar-refractivity contribution in [2.75, 3.05) is 0 Å². The molecule has 0 saturated heterocycles. The zero-order valence-corrected chi connectivity index (χ0v) is 8.38. The summed E-state index contributed by atoms with van der Waals surface area (Å²) in [4.78, 5) is 0. The normalized spacial score (nSPS) is 33.2. The van der Waals surface area contributed by atoms with E-state index in [2.05, 4.69) is 13.8 Å². The third-order valence-electron chi connectivity index (χ3n) is 3.27. The van der Waals surface area contributed by atoms with Crippen LogP contribution in [-0.2, 0) is 5.11 Å². The van der Waals surface area contributed by atoms with Gasteiger partial charge < -0.3 is 0 Å². The Kier molecular flexibility index (Phi) is 4.07. The van der Waals surface area contributed by atoms with Crippen molar-refractivity contribution in [2.24, 2.45) is 11.8 Å². The summed E-state index contributed by atoms with van der Waals surface area (Å²) in [5.74, 6) is 1.71. The number of hydrogen-bond acceptors (Lipinski definition) is 0. The molecule has 1 aliphatic rings. The zero-order valence-electron chi connectivity index (χ0n) is 8.38. The van der Waals surface area contributed by atoms with Crippen LogP contribution in [0.25, 0.3) is 0 Å². The first-order chi connectivity index (χ1) is 5.74. The van der Waals surface area contributed by atoms with Gasteiger partial charge in [0.15, 0.2) is 0 Å². The standard InChI is InChI=1S/C11H21O/c1-3-4-9(2)10-5-7-11(12)8-6-10/h9-11H,3-8H2,1-2H3. The lowest BCUT2D eigenvalue weighted by Gasteiger charge is -2.29. The van der Waals surface area contributed by atoms with Gasteiger partial charge in [-0.15, -0.1) is 0 Å². The molecule has 1 nitrogen and oxygen atoms in total. The van der Waals surface area contributed by atoms with Gasteiger partial charge in [0, 0.05) is 0 Å². The molecule has 0 aromatic carbocycles. The highest BCUT2D eigenvalue weighted by molar-refractivity contribution is 4.74. The fourth-order valence-corrected chi connectivity index (χ4v) is 2.35. The first-order valence-electron chi connectivity index (χ1n) is 5.39. The van der Waals surface area contributed by atoms with Gasteiger partial charge in [0.25, 0.3) is 0 Å². The second-order valence-electron chi connectivity index (χ2n) is 4.30. The van der Waals surface area contributed by atoms with Gasteiger partial charge in [-0.05, 0) is 37.5 Å². The van der Waals surface area contributed by atoms with E-state index in [0.717, 1.165) is 24.7 Å². The van der Waals surface area contributed by atoms with Crippen molar-refractivity contribution in [2.45, 2.75) is 58.5 Å². The van der Waals surface area contributed by atoms with Crippen molar-refractivity contribution < 1.29 is 5.11 Å². The number of hydrogen-bond donors (Lipinski definition) is 0. The summed E-state index contributed by atoms with van der Waals surface area (Å²) in [5, 5.41) is 11.1. The quantitative estimate of drug-likeness (QED) is 0.617. The average Bonchev–Trinajstić information content (AvgIpc) is 2.06. The summed E-state index contributed by atoms with van der Waals surface area (Å²) in [6.07, 6.45) is 6.63. The fourth-order valence-electron chi connectivity index (χ4n) is 2.35. The topological polar surface area (TPSA) is 19.9 Å². The van der Waals surface area contributed by atoms with Gasteiger partial charge in [-0.1, -0.05) is 26.7 Å². The van der Waals surface area contributed by atoms with Gasteiger partial charge in [-0.25, -0.2) is 5.11 Å². The van der Waals surface area contributed by atoms with Crippen LogP contribution in [-0.4, -0.2) is 6.10 Å². The predicted octanol–water partition coefficient (Wildman–Crippen LogP) is 3.41. The summed E-state index contributed by atoms with van der Waals surface area (Å²) < 4.78 is 0. The van der Waals surface area contributed by atoms with Crippen LogP contribution in [0.15, 0.2) is 0 Å². The average molecular weight is 169 g/mol. The molecule has 1 aliphatic carbocycles. The second kappa shape index (κ2) is 4.86. The summed E-state index contributed by atoms with van der Waals surface area (Å²) in [6, 6.07) is 0. The van der Waals surface area contributed by atoms with Crippen molar-refractivity contribution in [3.05, 3.63) is 0 Å². The van der Waals surface area contributed by atoms with Crippen LogP contribution in [0.3, 0.4) is 0 Å². The highest BCUT2D eigenvalue weighted by Crippen LogP contribution is 2.32. The zero-order chi connectivity index (χ0) is 8.97. The smallest absolute Gasteiger partial charge is 0.0930 e. The molecule has 1 atom stereocenters. The summed E-state index contributed by atoms with van der Waals surface area (Å²) in [5.41, 5.74) is 0. The van der Waals surface area contributed by atoms with E-state index in [1.54, 1.807) is 0 Å². The monoisotopic (exact) mass is 169 g/mol. The summed E-state index contributed by atoms with van der Waals surface area (Å²) in [7, 11) is 0. The molecule has 0 bridgehead atoms. The third kappa shape index (κ3) is 2.78. The molecule has 0 N–H and O–H groups in total. The Hall–Kier alpha value is -0.0400. The van der Waals surface area contributed by atoms with Gasteiger partial charge in [-0.3, -0.25) is 0 Å². The molecule has 0 amide bonds. The van der Waals surface area contributed by atoms with Crippen LogP contribution in [0.2, 0.25) is 0 Å². The van der Waals surface area contributed by atoms with Gasteiger partial charge in [0.1, 0.15) is 0 Å². The van der Waals surface area contributed by atoms with Gasteiger partial charge in [0.2, 0.25) is 0 Å². The van der Waals surface area contributed by atoms with E-state index >= 15 is 0 Å². The molecule has 1 heteroatoms. The Morgan fingerprint density at radius 1 is 1.25 bits per heavy atom. The summed E-state index contributed by atoms with van der Waals surface area (Å²) >= 11 is 0. The molecule has 0 spiro atoms. The molecule has 12 heavy (non-hydrogen) atoms. The lowest BCUT2D eigenvalue weighted by Crippen LogP contribution is -2.21. The second-order valence-corrected chi connectivity index (χ2v) is 4.30. The van der Waals surface area contributed by atoms with E-state index < -0.39 is 0 Å². The first kappa shape index (κ1) is 10.0. The van der Waals surface area contributed by atoms with Gasteiger partial charge >= 0.3 is 0 Å². The Balaban J connectivity index is 2.24. The van der Waals surface area contributed by atoms with E-state index in [4.69, 9.17) is 0 Å². The maximum Gasteiger partial charge on any atom is 0.0930 e. The highest BCUT2D eigenvalue weighted by Gasteiger charge is 2.23.